The molecule has 0 aromatic rings. The monoisotopic (exact) mass is 168 g/mol. The van der Waals surface area contributed by atoms with Crippen molar-refractivity contribution in [2.24, 2.45) is 11.8 Å². The predicted molar refractivity (Wildman–Crippen MR) is 55.3 cm³/mol. The maximum Gasteiger partial charge on any atom is -0.0414 e. The van der Waals surface area contributed by atoms with Gasteiger partial charge in [0.05, 0.1) is 0 Å². The predicted octanol–water partition coefficient (Wildman–Crippen LogP) is 4.39. The minimum atomic E-state index is 1.07. The van der Waals surface area contributed by atoms with E-state index >= 15 is 0 Å². The first-order valence-electron chi connectivity index (χ1n) is 5.86. The summed E-state index contributed by atoms with van der Waals surface area (Å²) in [7, 11) is 0. The fraction of sp³-hybridized carbons (Fsp3) is 1.00. The van der Waals surface area contributed by atoms with Crippen molar-refractivity contribution in [2.45, 2.75) is 65.2 Å². The molecule has 1 rings (SSSR count). The molecule has 0 saturated heterocycles. The van der Waals surface area contributed by atoms with Crippen LogP contribution in [0.3, 0.4) is 0 Å². The van der Waals surface area contributed by atoms with Gasteiger partial charge in [-0.15, -0.1) is 0 Å². The van der Waals surface area contributed by atoms with Crippen LogP contribution in [-0.4, -0.2) is 0 Å². The topological polar surface area (TPSA) is 0 Å². The van der Waals surface area contributed by atoms with Gasteiger partial charge < -0.3 is 0 Å². The lowest BCUT2D eigenvalue weighted by Gasteiger charge is -2.27. The van der Waals surface area contributed by atoms with Crippen molar-refractivity contribution in [1.82, 2.24) is 0 Å². The van der Waals surface area contributed by atoms with E-state index in [4.69, 9.17) is 0 Å². The molecule has 0 aromatic carbocycles. The number of rotatable bonds is 4. The molecule has 1 aliphatic rings. The van der Waals surface area contributed by atoms with E-state index in [1.165, 1.54) is 51.4 Å². The fourth-order valence-electron chi connectivity index (χ4n) is 2.42. The molecule has 0 nitrogen and oxygen atoms in total. The van der Waals surface area contributed by atoms with Crippen LogP contribution in [0.1, 0.15) is 65.2 Å². The molecule has 1 fully saturated rings. The van der Waals surface area contributed by atoms with E-state index in [0.29, 0.717) is 0 Å². The highest BCUT2D eigenvalue weighted by atomic mass is 14.2. The lowest BCUT2D eigenvalue weighted by Crippen LogP contribution is -2.13. The van der Waals surface area contributed by atoms with Crippen LogP contribution in [0.5, 0.6) is 0 Å². The van der Waals surface area contributed by atoms with Gasteiger partial charge >= 0.3 is 0 Å². The normalized spacial score (nSPS) is 30.5. The second-order valence-electron chi connectivity index (χ2n) is 4.44. The van der Waals surface area contributed by atoms with Gasteiger partial charge in [0.1, 0.15) is 0 Å². The summed E-state index contributed by atoms with van der Waals surface area (Å²) in [4.78, 5) is 0. The molecule has 0 heterocycles. The highest BCUT2D eigenvalue weighted by Crippen LogP contribution is 2.33. The third kappa shape index (κ3) is 3.16. The SMILES string of the molecule is CCCCC1CCC(CC)CC1. The van der Waals surface area contributed by atoms with Gasteiger partial charge in [-0.3, -0.25) is 0 Å². The quantitative estimate of drug-likeness (QED) is 0.584. The van der Waals surface area contributed by atoms with E-state index in [2.05, 4.69) is 13.8 Å². The Kier molecular flexibility index (Phi) is 4.72. The van der Waals surface area contributed by atoms with E-state index in [1.54, 1.807) is 0 Å². The minimum absolute atomic E-state index is 1.07. The maximum absolute atomic E-state index is 2.34. The van der Waals surface area contributed by atoms with Crippen molar-refractivity contribution < 1.29 is 0 Å². The van der Waals surface area contributed by atoms with Crippen molar-refractivity contribution in [3.05, 3.63) is 0 Å². The second-order valence-corrected chi connectivity index (χ2v) is 4.44. The van der Waals surface area contributed by atoms with Gasteiger partial charge in [0.25, 0.3) is 0 Å². The molecule has 0 bridgehead atoms. The molecular weight excluding hydrogens is 144 g/mol. The molecule has 0 aromatic heterocycles. The summed E-state index contributed by atoms with van der Waals surface area (Å²) in [6.07, 6.45) is 11.9. The number of unbranched alkanes of at least 4 members (excludes halogenated alkanes) is 1. The minimum Gasteiger partial charge on any atom is -0.0654 e. The summed E-state index contributed by atoms with van der Waals surface area (Å²) >= 11 is 0. The molecule has 0 atom stereocenters. The lowest BCUT2D eigenvalue weighted by atomic mass is 9.79. The Bertz CT molecular complexity index is 98.6. The first-order valence-corrected chi connectivity index (χ1v) is 5.86. The smallest absolute Gasteiger partial charge is 0.0414 e. The summed E-state index contributed by atoms with van der Waals surface area (Å²) in [6, 6.07) is 0. The highest BCUT2D eigenvalue weighted by molar-refractivity contribution is 4.71. The summed E-state index contributed by atoms with van der Waals surface area (Å²) in [5, 5.41) is 0. The Labute approximate surface area is 77.7 Å². The molecule has 0 heteroatoms. The van der Waals surface area contributed by atoms with Crippen LogP contribution in [0.25, 0.3) is 0 Å². The van der Waals surface area contributed by atoms with Gasteiger partial charge in [-0.05, 0) is 11.8 Å². The van der Waals surface area contributed by atoms with Crippen LogP contribution in [0.4, 0.5) is 0 Å². The zero-order valence-corrected chi connectivity index (χ0v) is 8.81. The first kappa shape index (κ1) is 10.1. The summed E-state index contributed by atoms with van der Waals surface area (Å²) in [6.45, 7) is 4.65. The first-order chi connectivity index (χ1) is 5.86. The molecule has 12 heavy (non-hydrogen) atoms. The number of hydrogen-bond acceptors (Lipinski definition) is 0. The second kappa shape index (κ2) is 5.61. The Balaban J connectivity index is 2.09. The molecule has 0 radical (unpaired) electrons. The molecular formula is C12H24. The Morgan fingerprint density at radius 2 is 1.50 bits per heavy atom. The van der Waals surface area contributed by atoms with Crippen molar-refractivity contribution >= 4 is 0 Å². The summed E-state index contributed by atoms with van der Waals surface area (Å²) in [5.74, 6) is 2.16. The fourth-order valence-corrected chi connectivity index (χ4v) is 2.42. The van der Waals surface area contributed by atoms with E-state index in [0.717, 1.165) is 11.8 Å². The Morgan fingerprint density at radius 3 is 2.00 bits per heavy atom. The molecule has 72 valence electrons. The standard InChI is InChI=1S/C12H24/c1-3-5-6-12-9-7-11(4-2)8-10-12/h11-12H,3-10H2,1-2H3. The largest absolute Gasteiger partial charge is 0.0654 e. The van der Waals surface area contributed by atoms with Gasteiger partial charge in [-0.1, -0.05) is 65.2 Å². The van der Waals surface area contributed by atoms with Crippen molar-refractivity contribution in [2.75, 3.05) is 0 Å². The Morgan fingerprint density at radius 1 is 0.917 bits per heavy atom. The lowest BCUT2D eigenvalue weighted by molar-refractivity contribution is 0.255. The van der Waals surface area contributed by atoms with E-state index < -0.39 is 0 Å². The van der Waals surface area contributed by atoms with Crippen LogP contribution in [0.2, 0.25) is 0 Å². The van der Waals surface area contributed by atoms with E-state index in [9.17, 15) is 0 Å². The van der Waals surface area contributed by atoms with Crippen LogP contribution in [-0.2, 0) is 0 Å². The third-order valence-corrected chi connectivity index (χ3v) is 3.51. The van der Waals surface area contributed by atoms with Crippen molar-refractivity contribution in [3.63, 3.8) is 0 Å². The van der Waals surface area contributed by atoms with Crippen molar-refractivity contribution in [3.8, 4) is 0 Å². The van der Waals surface area contributed by atoms with Crippen LogP contribution in [0.15, 0.2) is 0 Å². The zero-order chi connectivity index (χ0) is 8.81. The molecule has 0 N–H and O–H groups in total. The molecule has 0 spiro atoms. The molecule has 1 saturated carbocycles. The van der Waals surface area contributed by atoms with Gasteiger partial charge in [0.2, 0.25) is 0 Å². The van der Waals surface area contributed by atoms with Crippen LogP contribution in [0, 0.1) is 11.8 Å². The third-order valence-electron chi connectivity index (χ3n) is 3.51. The van der Waals surface area contributed by atoms with Crippen LogP contribution >= 0.6 is 0 Å². The highest BCUT2D eigenvalue weighted by Gasteiger charge is 2.18. The summed E-state index contributed by atoms with van der Waals surface area (Å²) in [5.41, 5.74) is 0. The average Bonchev–Trinajstić information content (AvgIpc) is 2.15. The zero-order valence-electron chi connectivity index (χ0n) is 8.81. The maximum atomic E-state index is 2.34. The van der Waals surface area contributed by atoms with Gasteiger partial charge in [-0.25, -0.2) is 0 Å². The van der Waals surface area contributed by atoms with Crippen molar-refractivity contribution in [1.29, 1.82) is 0 Å². The molecule has 1 aliphatic carbocycles. The molecule has 0 amide bonds. The van der Waals surface area contributed by atoms with Gasteiger partial charge in [-0.2, -0.15) is 0 Å². The van der Waals surface area contributed by atoms with Crippen LogP contribution < -0.4 is 0 Å². The molecule has 0 unspecified atom stereocenters. The van der Waals surface area contributed by atoms with E-state index in [1.807, 2.05) is 0 Å². The average molecular weight is 168 g/mol. The summed E-state index contributed by atoms with van der Waals surface area (Å²) < 4.78 is 0. The van der Waals surface area contributed by atoms with Gasteiger partial charge in [0, 0.05) is 0 Å². The van der Waals surface area contributed by atoms with Gasteiger partial charge in [0.15, 0.2) is 0 Å². The number of hydrogen-bond donors (Lipinski definition) is 0. The van der Waals surface area contributed by atoms with E-state index in [-0.39, 0.29) is 0 Å². The molecule has 0 aliphatic heterocycles. The Hall–Kier alpha value is 0.